The molecule has 1 fully saturated rings. The number of methoxy groups -OCH3 is 1. The minimum absolute atomic E-state index is 0. The van der Waals surface area contributed by atoms with Crippen molar-refractivity contribution in [3.8, 4) is 0 Å². The number of furan rings is 1. The van der Waals surface area contributed by atoms with Crippen molar-refractivity contribution in [3.63, 3.8) is 0 Å². The van der Waals surface area contributed by atoms with Crippen LogP contribution < -0.4 is 10.6 Å². The number of rotatable bonds is 12. The molecule has 1 aromatic carbocycles. The summed E-state index contributed by atoms with van der Waals surface area (Å²) in [4.78, 5) is 7.16. The Labute approximate surface area is 210 Å². The highest BCUT2D eigenvalue weighted by molar-refractivity contribution is 14.0. The first-order valence-electron chi connectivity index (χ1n) is 11.4. The molecule has 0 bridgehead atoms. The van der Waals surface area contributed by atoms with Gasteiger partial charge in [-0.15, -0.1) is 24.0 Å². The van der Waals surface area contributed by atoms with E-state index in [9.17, 15) is 0 Å². The first-order valence-corrected chi connectivity index (χ1v) is 11.4. The summed E-state index contributed by atoms with van der Waals surface area (Å²) in [5, 5.41) is 7.00. The number of hydrogen-bond donors (Lipinski definition) is 2. The standard InChI is InChI=1S/C25H38N4O2.HI/c1-4-26-24(28-20-25(12-8-13-25)14-16-30-3)27-17-21-9-5-6-10-22(21)18-29(2)19-23-11-7-15-31-23;/h5-7,9-11,15H,4,8,12-14,16-20H2,1-3H3,(H2,26,27,28);1H. The van der Waals surface area contributed by atoms with Crippen LogP contribution in [0.5, 0.6) is 0 Å². The molecule has 0 radical (unpaired) electrons. The molecule has 0 unspecified atom stereocenters. The highest BCUT2D eigenvalue weighted by atomic mass is 127. The molecule has 1 aliphatic rings. The molecule has 2 aromatic rings. The Hall–Kier alpha value is -1.58. The van der Waals surface area contributed by atoms with E-state index in [1.165, 1.54) is 30.4 Å². The first-order chi connectivity index (χ1) is 15.1. The molecule has 32 heavy (non-hydrogen) atoms. The predicted molar refractivity (Wildman–Crippen MR) is 141 cm³/mol. The van der Waals surface area contributed by atoms with Gasteiger partial charge in [-0.3, -0.25) is 4.90 Å². The predicted octanol–water partition coefficient (Wildman–Crippen LogP) is 4.79. The normalized spacial score (nSPS) is 15.2. The number of guanidine groups is 1. The van der Waals surface area contributed by atoms with Gasteiger partial charge in [-0.1, -0.05) is 30.7 Å². The van der Waals surface area contributed by atoms with Crippen LogP contribution in [0, 0.1) is 5.41 Å². The van der Waals surface area contributed by atoms with Crippen LogP contribution in [0.3, 0.4) is 0 Å². The van der Waals surface area contributed by atoms with Gasteiger partial charge in [-0.2, -0.15) is 0 Å². The molecule has 2 N–H and O–H groups in total. The van der Waals surface area contributed by atoms with Gasteiger partial charge in [0, 0.05) is 33.4 Å². The Balaban J connectivity index is 0.00000363. The van der Waals surface area contributed by atoms with Gasteiger partial charge in [0.15, 0.2) is 5.96 Å². The molecular formula is C25H39IN4O2. The molecule has 3 rings (SSSR count). The van der Waals surface area contributed by atoms with Crippen molar-refractivity contribution in [1.29, 1.82) is 0 Å². The number of nitrogens with zero attached hydrogens (tertiary/aromatic N) is 2. The maximum absolute atomic E-state index is 5.48. The molecule has 0 aliphatic heterocycles. The van der Waals surface area contributed by atoms with Crippen LogP contribution in [-0.4, -0.2) is 44.7 Å². The van der Waals surface area contributed by atoms with Crippen molar-refractivity contribution in [2.45, 2.75) is 52.2 Å². The van der Waals surface area contributed by atoms with Gasteiger partial charge in [0.25, 0.3) is 0 Å². The summed E-state index contributed by atoms with van der Waals surface area (Å²) in [6, 6.07) is 12.5. The lowest BCUT2D eigenvalue weighted by Gasteiger charge is -2.42. The summed E-state index contributed by atoms with van der Waals surface area (Å²) in [5.41, 5.74) is 2.91. The van der Waals surface area contributed by atoms with Crippen LogP contribution in [-0.2, 0) is 24.4 Å². The summed E-state index contributed by atoms with van der Waals surface area (Å²) in [7, 11) is 3.90. The molecular weight excluding hydrogens is 515 g/mol. The summed E-state index contributed by atoms with van der Waals surface area (Å²) in [6.45, 7) is 7.05. The molecule has 1 aromatic heterocycles. The Kier molecular flexibility index (Phi) is 11.5. The van der Waals surface area contributed by atoms with Crippen LogP contribution in [0.1, 0.15) is 49.5 Å². The average Bonchev–Trinajstić information content (AvgIpc) is 3.24. The van der Waals surface area contributed by atoms with Gasteiger partial charge in [0.05, 0.1) is 19.4 Å². The topological polar surface area (TPSA) is 62.0 Å². The second-order valence-electron chi connectivity index (χ2n) is 8.67. The number of hydrogen-bond acceptors (Lipinski definition) is 4. The lowest BCUT2D eigenvalue weighted by Crippen LogP contribution is -2.47. The van der Waals surface area contributed by atoms with Crippen LogP contribution in [0.15, 0.2) is 52.1 Å². The van der Waals surface area contributed by atoms with E-state index in [0.717, 1.165) is 50.9 Å². The van der Waals surface area contributed by atoms with Crippen LogP contribution in [0.4, 0.5) is 0 Å². The van der Waals surface area contributed by atoms with Gasteiger partial charge in [0.2, 0.25) is 0 Å². The van der Waals surface area contributed by atoms with E-state index >= 15 is 0 Å². The number of nitrogens with one attached hydrogen (secondary N) is 2. The lowest BCUT2D eigenvalue weighted by atomic mass is 9.67. The van der Waals surface area contributed by atoms with E-state index in [0.29, 0.717) is 12.0 Å². The van der Waals surface area contributed by atoms with Crippen molar-refractivity contribution in [1.82, 2.24) is 15.5 Å². The maximum Gasteiger partial charge on any atom is 0.191 e. The molecule has 7 heteroatoms. The fraction of sp³-hybridized carbons (Fsp3) is 0.560. The fourth-order valence-electron chi connectivity index (χ4n) is 4.17. The highest BCUT2D eigenvalue weighted by Gasteiger charge is 2.36. The van der Waals surface area contributed by atoms with E-state index in [2.05, 4.69) is 53.8 Å². The van der Waals surface area contributed by atoms with E-state index in [1.807, 2.05) is 12.1 Å². The summed E-state index contributed by atoms with van der Waals surface area (Å²) in [6.07, 6.45) is 6.70. The van der Waals surface area contributed by atoms with E-state index in [-0.39, 0.29) is 24.0 Å². The van der Waals surface area contributed by atoms with Crippen molar-refractivity contribution >= 4 is 29.9 Å². The number of halogens is 1. The Bertz CT molecular complexity index is 806. The SMILES string of the molecule is CCNC(=NCc1ccccc1CN(C)Cc1ccco1)NCC1(CCOC)CCC1.I. The third-order valence-electron chi connectivity index (χ3n) is 6.20. The lowest BCUT2D eigenvalue weighted by molar-refractivity contribution is 0.0732. The summed E-state index contributed by atoms with van der Waals surface area (Å²) in [5.74, 6) is 1.87. The van der Waals surface area contributed by atoms with Gasteiger partial charge >= 0.3 is 0 Å². The molecule has 6 nitrogen and oxygen atoms in total. The molecule has 0 saturated heterocycles. The maximum atomic E-state index is 5.48. The molecule has 0 spiro atoms. The van der Waals surface area contributed by atoms with Crippen molar-refractivity contribution in [2.24, 2.45) is 10.4 Å². The highest BCUT2D eigenvalue weighted by Crippen LogP contribution is 2.43. The molecule has 1 saturated carbocycles. The van der Waals surface area contributed by atoms with Crippen LogP contribution >= 0.6 is 24.0 Å². The smallest absolute Gasteiger partial charge is 0.191 e. The van der Waals surface area contributed by atoms with Gasteiger partial charge in [-0.25, -0.2) is 4.99 Å². The zero-order valence-corrected chi connectivity index (χ0v) is 22.1. The molecule has 0 atom stereocenters. The van der Waals surface area contributed by atoms with Crippen molar-refractivity contribution in [3.05, 3.63) is 59.5 Å². The third kappa shape index (κ3) is 8.08. The first kappa shape index (κ1) is 26.7. The molecule has 1 heterocycles. The minimum Gasteiger partial charge on any atom is -0.468 e. The van der Waals surface area contributed by atoms with Gasteiger partial charge in [-0.05, 0) is 61.9 Å². The van der Waals surface area contributed by atoms with E-state index < -0.39 is 0 Å². The summed E-state index contributed by atoms with van der Waals surface area (Å²) >= 11 is 0. The number of ether oxygens (including phenoxy) is 1. The Morgan fingerprint density at radius 3 is 2.53 bits per heavy atom. The average molecular weight is 555 g/mol. The van der Waals surface area contributed by atoms with E-state index in [4.69, 9.17) is 14.1 Å². The zero-order chi connectivity index (χ0) is 21.9. The fourth-order valence-corrected chi connectivity index (χ4v) is 4.17. The molecule has 1 aliphatic carbocycles. The van der Waals surface area contributed by atoms with Crippen LogP contribution in [0.2, 0.25) is 0 Å². The second-order valence-corrected chi connectivity index (χ2v) is 8.67. The Morgan fingerprint density at radius 1 is 1.12 bits per heavy atom. The van der Waals surface area contributed by atoms with Crippen molar-refractivity contribution < 1.29 is 9.15 Å². The van der Waals surface area contributed by atoms with E-state index in [1.54, 1.807) is 13.4 Å². The van der Waals surface area contributed by atoms with Gasteiger partial charge in [0.1, 0.15) is 5.76 Å². The minimum atomic E-state index is 0. The molecule has 0 amide bonds. The largest absolute Gasteiger partial charge is 0.468 e. The van der Waals surface area contributed by atoms with Gasteiger partial charge < -0.3 is 19.8 Å². The number of benzene rings is 1. The Morgan fingerprint density at radius 2 is 1.91 bits per heavy atom. The number of aliphatic imine (C=N–C) groups is 1. The van der Waals surface area contributed by atoms with Crippen LogP contribution in [0.25, 0.3) is 0 Å². The summed E-state index contributed by atoms with van der Waals surface area (Å²) < 4.78 is 10.8. The molecule has 178 valence electrons. The third-order valence-corrected chi connectivity index (χ3v) is 6.20. The van der Waals surface area contributed by atoms with Crippen molar-refractivity contribution in [2.75, 3.05) is 33.9 Å². The monoisotopic (exact) mass is 554 g/mol. The second kappa shape index (κ2) is 13.9. The zero-order valence-electron chi connectivity index (χ0n) is 19.7. The quantitative estimate of drug-likeness (QED) is 0.225.